The van der Waals surface area contributed by atoms with Crippen molar-refractivity contribution in [3.05, 3.63) is 35.9 Å². The smallest absolute Gasteiger partial charge is 0.230 e. The molecule has 0 aliphatic heterocycles. The van der Waals surface area contributed by atoms with Crippen LogP contribution in [0.1, 0.15) is 44.7 Å². The van der Waals surface area contributed by atoms with E-state index in [4.69, 9.17) is 0 Å². The van der Waals surface area contributed by atoms with Crippen molar-refractivity contribution in [2.24, 2.45) is 0 Å². The van der Waals surface area contributed by atoms with Gasteiger partial charge in [0.2, 0.25) is 16.9 Å². The van der Waals surface area contributed by atoms with Crippen LogP contribution in [0, 0.1) is 0 Å². The molecule has 1 aliphatic carbocycles. The summed E-state index contributed by atoms with van der Waals surface area (Å²) in [6.07, 6.45) is 2.50. The highest BCUT2D eigenvalue weighted by atomic mass is 32.2. The predicted octanol–water partition coefficient (Wildman–Crippen LogP) is 3.41. The fourth-order valence-electron chi connectivity index (χ4n) is 2.56. The molecule has 0 bridgehead atoms. The third kappa shape index (κ3) is 4.82. The molecule has 26 heavy (non-hydrogen) atoms. The second kappa shape index (κ2) is 8.64. The van der Waals surface area contributed by atoms with Crippen LogP contribution in [0.15, 0.2) is 34.7 Å². The second-order valence-corrected chi connectivity index (χ2v) is 8.37. The molecule has 6 nitrogen and oxygen atoms in total. The summed E-state index contributed by atoms with van der Waals surface area (Å²) in [6, 6.07) is 10.1. The highest BCUT2D eigenvalue weighted by Crippen LogP contribution is 2.36. The summed E-state index contributed by atoms with van der Waals surface area (Å²) in [5.41, 5.74) is 1.07. The van der Waals surface area contributed by atoms with Crippen LogP contribution in [0.25, 0.3) is 0 Å². The van der Waals surface area contributed by atoms with Gasteiger partial charge in [-0.15, -0.1) is 10.2 Å². The minimum atomic E-state index is -0.0493. The number of aromatic nitrogens is 2. The number of benzene rings is 1. The lowest BCUT2D eigenvalue weighted by Gasteiger charge is -2.17. The van der Waals surface area contributed by atoms with Gasteiger partial charge in [-0.2, -0.15) is 0 Å². The highest BCUT2D eigenvalue weighted by Gasteiger charge is 2.35. The number of hydrogen-bond donors (Lipinski definition) is 1. The van der Waals surface area contributed by atoms with Crippen LogP contribution in [-0.2, 0) is 9.59 Å². The van der Waals surface area contributed by atoms with Gasteiger partial charge in [0.05, 0.1) is 11.8 Å². The van der Waals surface area contributed by atoms with Gasteiger partial charge in [0, 0.05) is 12.5 Å². The first kappa shape index (κ1) is 18.8. The van der Waals surface area contributed by atoms with Crippen LogP contribution in [-0.4, -0.2) is 33.8 Å². The Morgan fingerprint density at radius 2 is 2.04 bits per heavy atom. The maximum absolute atomic E-state index is 12.2. The van der Waals surface area contributed by atoms with Crippen LogP contribution in [0.2, 0.25) is 0 Å². The number of carbonyl (C=O) groups excluding carboxylic acids is 2. The van der Waals surface area contributed by atoms with Crippen LogP contribution in [0.3, 0.4) is 0 Å². The van der Waals surface area contributed by atoms with E-state index in [1.807, 2.05) is 44.2 Å². The summed E-state index contributed by atoms with van der Waals surface area (Å²) < 4.78 is 0.706. The Morgan fingerprint density at radius 3 is 2.69 bits per heavy atom. The molecule has 1 N–H and O–H groups in total. The molecule has 1 heterocycles. The molecule has 2 amide bonds. The number of hydrogen-bond acceptors (Lipinski definition) is 6. The lowest BCUT2D eigenvalue weighted by atomic mass is 10.1. The molecule has 0 unspecified atom stereocenters. The Kier molecular flexibility index (Phi) is 6.26. The van der Waals surface area contributed by atoms with Crippen molar-refractivity contribution < 1.29 is 9.59 Å². The highest BCUT2D eigenvalue weighted by molar-refractivity contribution is 8.01. The van der Waals surface area contributed by atoms with Crippen molar-refractivity contribution in [2.75, 3.05) is 10.7 Å². The van der Waals surface area contributed by atoms with E-state index in [0.29, 0.717) is 15.9 Å². The van der Waals surface area contributed by atoms with E-state index in [1.165, 1.54) is 23.1 Å². The lowest BCUT2D eigenvalue weighted by Crippen LogP contribution is -2.32. The molecule has 1 saturated carbocycles. The third-order valence-electron chi connectivity index (χ3n) is 4.09. The quantitative estimate of drug-likeness (QED) is 0.552. The Balaban J connectivity index is 1.53. The molecule has 2 aromatic rings. The van der Waals surface area contributed by atoms with Gasteiger partial charge in [-0.05, 0) is 25.3 Å². The van der Waals surface area contributed by atoms with Gasteiger partial charge in [-0.3, -0.25) is 14.5 Å². The molecule has 3 rings (SSSR count). The van der Waals surface area contributed by atoms with E-state index in [0.717, 1.165) is 18.4 Å². The van der Waals surface area contributed by atoms with E-state index >= 15 is 0 Å². The van der Waals surface area contributed by atoms with E-state index in [9.17, 15) is 9.59 Å². The number of nitrogens with zero attached hydrogens (tertiary/aromatic N) is 3. The average Bonchev–Trinajstić information content (AvgIpc) is 3.38. The summed E-state index contributed by atoms with van der Waals surface area (Å²) in [6.45, 7) is 3.82. The first-order valence-electron chi connectivity index (χ1n) is 8.71. The molecule has 0 radical (unpaired) electrons. The first-order chi connectivity index (χ1) is 12.6. The minimum Gasteiger partial charge on any atom is -0.349 e. The Bertz CT molecular complexity index is 762. The number of carbonyl (C=O) groups is 2. The Morgan fingerprint density at radius 1 is 1.31 bits per heavy atom. The number of anilines is 1. The zero-order valence-corrected chi connectivity index (χ0v) is 16.5. The fraction of sp³-hybridized carbons (Fsp3) is 0.444. The predicted molar refractivity (Wildman–Crippen MR) is 104 cm³/mol. The van der Waals surface area contributed by atoms with Gasteiger partial charge in [-0.25, -0.2) is 0 Å². The van der Waals surface area contributed by atoms with Crippen molar-refractivity contribution in [1.82, 2.24) is 15.5 Å². The molecule has 1 aromatic heterocycles. The first-order valence-corrected chi connectivity index (χ1v) is 10.5. The summed E-state index contributed by atoms with van der Waals surface area (Å²) in [5, 5.41) is 11.9. The van der Waals surface area contributed by atoms with Crippen LogP contribution in [0.5, 0.6) is 0 Å². The number of rotatable bonds is 8. The topological polar surface area (TPSA) is 75.2 Å². The SMILES string of the molecule is CCC(=O)N(c1nnc(SCC(=O)N[C@@H](C)c2ccccc2)s1)C1CC1. The van der Waals surface area contributed by atoms with Gasteiger partial charge in [0.1, 0.15) is 0 Å². The maximum atomic E-state index is 12.2. The third-order valence-corrected chi connectivity index (χ3v) is 6.14. The second-order valence-electron chi connectivity index (χ2n) is 6.19. The lowest BCUT2D eigenvalue weighted by molar-refractivity contribution is -0.119. The summed E-state index contributed by atoms with van der Waals surface area (Å²) >= 11 is 2.73. The van der Waals surface area contributed by atoms with E-state index < -0.39 is 0 Å². The summed E-state index contributed by atoms with van der Waals surface area (Å²) in [5.74, 6) is 0.304. The molecule has 8 heteroatoms. The number of amides is 2. The largest absolute Gasteiger partial charge is 0.349 e. The maximum Gasteiger partial charge on any atom is 0.230 e. The van der Waals surface area contributed by atoms with Crippen LogP contribution in [0.4, 0.5) is 5.13 Å². The normalized spacial score (nSPS) is 14.7. The Hall–Kier alpha value is -1.93. The summed E-state index contributed by atoms with van der Waals surface area (Å²) in [4.78, 5) is 26.1. The summed E-state index contributed by atoms with van der Waals surface area (Å²) in [7, 11) is 0. The molecule has 138 valence electrons. The molecular weight excluding hydrogens is 368 g/mol. The van der Waals surface area contributed by atoms with Crippen molar-refractivity contribution >= 4 is 40.0 Å². The van der Waals surface area contributed by atoms with Gasteiger partial charge >= 0.3 is 0 Å². The fourth-order valence-corrected chi connectivity index (χ4v) is 4.30. The van der Waals surface area contributed by atoms with Gasteiger partial charge in [-0.1, -0.05) is 60.4 Å². The number of thioether (sulfide) groups is 1. The molecule has 1 aromatic carbocycles. The molecule has 1 aliphatic rings. The van der Waals surface area contributed by atoms with E-state index in [1.54, 1.807) is 4.90 Å². The van der Waals surface area contributed by atoms with Crippen LogP contribution < -0.4 is 10.2 Å². The van der Waals surface area contributed by atoms with Crippen molar-refractivity contribution in [1.29, 1.82) is 0 Å². The average molecular weight is 391 g/mol. The molecule has 1 fully saturated rings. The minimum absolute atomic E-state index is 0.0400. The number of nitrogens with one attached hydrogen (secondary N) is 1. The monoisotopic (exact) mass is 390 g/mol. The zero-order valence-electron chi connectivity index (χ0n) is 14.8. The van der Waals surface area contributed by atoms with Crippen molar-refractivity contribution in [3.8, 4) is 0 Å². The van der Waals surface area contributed by atoms with E-state index in [-0.39, 0.29) is 29.7 Å². The van der Waals surface area contributed by atoms with Crippen molar-refractivity contribution in [3.63, 3.8) is 0 Å². The molecule has 0 saturated heterocycles. The van der Waals surface area contributed by atoms with Crippen molar-refractivity contribution in [2.45, 2.75) is 49.5 Å². The Labute approximate surface area is 161 Å². The zero-order chi connectivity index (χ0) is 18.5. The van der Waals surface area contributed by atoms with E-state index in [2.05, 4.69) is 15.5 Å². The molecule has 1 atom stereocenters. The molecular formula is C18H22N4O2S2. The molecule has 0 spiro atoms. The van der Waals surface area contributed by atoms with Gasteiger partial charge < -0.3 is 5.32 Å². The standard InChI is InChI=1S/C18H22N4O2S2/c1-3-16(24)22(14-9-10-14)17-20-21-18(26-17)25-11-15(23)19-12(2)13-7-5-4-6-8-13/h4-8,12,14H,3,9-11H2,1-2H3,(H,19,23)/t12-/m0/s1. The van der Waals surface area contributed by atoms with Gasteiger partial charge in [0.15, 0.2) is 4.34 Å². The van der Waals surface area contributed by atoms with Gasteiger partial charge in [0.25, 0.3) is 0 Å². The van der Waals surface area contributed by atoms with Crippen LogP contribution >= 0.6 is 23.1 Å².